The van der Waals surface area contributed by atoms with Crippen molar-refractivity contribution in [1.29, 1.82) is 5.26 Å². The summed E-state index contributed by atoms with van der Waals surface area (Å²) in [6.45, 7) is 9.36. The lowest BCUT2D eigenvalue weighted by Crippen LogP contribution is -2.47. The van der Waals surface area contributed by atoms with Crippen molar-refractivity contribution >= 4 is 12.0 Å². The Morgan fingerprint density at radius 1 is 1.06 bits per heavy atom. The fourth-order valence-corrected chi connectivity index (χ4v) is 5.67. The standard InChI is InChI=1S/C37H36FN5O4/c1-6-12-28-15-11-18-43(28)33(44)27-20-25(29-16-10-17-31(38)30(29)23-39)19-26(21-27)32-41-42-34(46-32)37(5,22-24-13-8-7-9-14-24)40-35(45)47-36(2,3)4/h7-10,13-14,16-17,19-21,28H,11,15,18,22H2,1-5H3,(H,40,45)/t28-,37-/m0/s1. The lowest BCUT2D eigenvalue weighted by molar-refractivity contribution is 0.0443. The van der Waals surface area contributed by atoms with Gasteiger partial charge in [-0.25, -0.2) is 9.18 Å². The summed E-state index contributed by atoms with van der Waals surface area (Å²) in [6.07, 6.45) is 1.23. The molecule has 2 amide bonds. The summed E-state index contributed by atoms with van der Waals surface area (Å²) in [5, 5.41) is 21.3. The average Bonchev–Trinajstić information content (AvgIpc) is 3.71. The Kier molecular flexibility index (Phi) is 9.44. The molecule has 1 aliphatic heterocycles. The summed E-state index contributed by atoms with van der Waals surface area (Å²) in [5.41, 5.74) is 0.269. The molecule has 0 spiro atoms. The molecule has 9 nitrogen and oxygen atoms in total. The number of hydrogen-bond donors (Lipinski definition) is 1. The maximum absolute atomic E-state index is 14.7. The third kappa shape index (κ3) is 7.50. The second-order valence-corrected chi connectivity index (χ2v) is 12.7. The number of hydrogen-bond acceptors (Lipinski definition) is 7. The van der Waals surface area contributed by atoms with E-state index in [-0.39, 0.29) is 29.3 Å². The highest BCUT2D eigenvalue weighted by Crippen LogP contribution is 2.34. The molecule has 1 aliphatic rings. The normalized spacial score (nSPS) is 15.6. The van der Waals surface area contributed by atoms with Crippen molar-refractivity contribution in [3.63, 3.8) is 0 Å². The zero-order valence-corrected chi connectivity index (χ0v) is 27.1. The molecule has 2 atom stereocenters. The van der Waals surface area contributed by atoms with Crippen LogP contribution in [0, 0.1) is 29.0 Å². The van der Waals surface area contributed by atoms with Crippen LogP contribution in [0.25, 0.3) is 22.6 Å². The SMILES string of the molecule is CC#C[C@H]1CCCN1C(=O)c1cc(-c2nnc([C@](C)(Cc3ccccc3)NC(=O)OC(C)(C)C)o2)cc(-c2cccc(F)c2C#N)c1. The molecule has 47 heavy (non-hydrogen) atoms. The number of carbonyl (C=O) groups excluding carboxylic acids is 2. The predicted molar refractivity (Wildman–Crippen MR) is 174 cm³/mol. The van der Waals surface area contributed by atoms with Gasteiger partial charge in [0.2, 0.25) is 11.8 Å². The van der Waals surface area contributed by atoms with Crippen molar-refractivity contribution in [3.8, 4) is 40.5 Å². The third-order valence-corrected chi connectivity index (χ3v) is 7.76. The van der Waals surface area contributed by atoms with Gasteiger partial charge in [-0.15, -0.1) is 16.1 Å². The number of halogens is 1. The van der Waals surface area contributed by atoms with Gasteiger partial charge >= 0.3 is 6.09 Å². The van der Waals surface area contributed by atoms with Crippen LogP contribution in [0.5, 0.6) is 0 Å². The highest BCUT2D eigenvalue weighted by atomic mass is 19.1. The van der Waals surface area contributed by atoms with E-state index >= 15 is 0 Å². The van der Waals surface area contributed by atoms with E-state index in [1.54, 1.807) is 63.8 Å². The highest BCUT2D eigenvalue weighted by Gasteiger charge is 2.37. The van der Waals surface area contributed by atoms with E-state index in [4.69, 9.17) is 9.15 Å². The summed E-state index contributed by atoms with van der Waals surface area (Å²) in [5.74, 6) is 5.27. The molecule has 2 heterocycles. The van der Waals surface area contributed by atoms with Crippen molar-refractivity contribution in [3.05, 3.63) is 95.1 Å². The number of alkyl carbamates (subject to hydrolysis) is 1. The minimum atomic E-state index is -1.18. The van der Waals surface area contributed by atoms with Crippen LogP contribution >= 0.6 is 0 Å². The molecule has 1 fully saturated rings. The predicted octanol–water partition coefficient (Wildman–Crippen LogP) is 7.02. The Hall–Kier alpha value is -5.48. The van der Waals surface area contributed by atoms with Crippen LogP contribution in [0.4, 0.5) is 9.18 Å². The van der Waals surface area contributed by atoms with Gasteiger partial charge in [-0.2, -0.15) is 5.26 Å². The average molecular weight is 634 g/mol. The number of ether oxygens (including phenoxy) is 1. The summed E-state index contributed by atoms with van der Waals surface area (Å²) in [6, 6.07) is 20.5. The zero-order valence-electron chi connectivity index (χ0n) is 27.1. The van der Waals surface area contributed by atoms with Gasteiger partial charge in [-0.05, 0) is 82.9 Å². The molecular formula is C37H36FN5O4. The van der Waals surface area contributed by atoms with Crippen LogP contribution in [-0.4, -0.2) is 45.3 Å². The van der Waals surface area contributed by atoms with Crippen molar-refractivity contribution in [2.75, 3.05) is 6.54 Å². The number of nitrogens with zero attached hydrogens (tertiary/aromatic N) is 4. The van der Waals surface area contributed by atoms with E-state index in [1.165, 1.54) is 12.1 Å². The number of benzene rings is 3. The molecule has 0 bridgehead atoms. The van der Waals surface area contributed by atoms with Crippen LogP contribution < -0.4 is 5.32 Å². The van der Waals surface area contributed by atoms with Crippen LogP contribution in [0.1, 0.15) is 74.8 Å². The molecule has 3 aromatic carbocycles. The first-order chi connectivity index (χ1) is 22.4. The van der Waals surface area contributed by atoms with Crippen LogP contribution in [0.3, 0.4) is 0 Å². The number of likely N-dealkylation sites (tertiary alicyclic amines) is 1. The monoisotopic (exact) mass is 633 g/mol. The lowest BCUT2D eigenvalue weighted by Gasteiger charge is -2.29. The molecule has 0 saturated carbocycles. The Labute approximate surface area is 273 Å². The third-order valence-electron chi connectivity index (χ3n) is 7.76. The maximum Gasteiger partial charge on any atom is 0.408 e. The molecule has 0 radical (unpaired) electrons. The van der Waals surface area contributed by atoms with Crippen LogP contribution in [0.2, 0.25) is 0 Å². The van der Waals surface area contributed by atoms with Gasteiger partial charge < -0.3 is 19.4 Å². The Bertz CT molecular complexity index is 1900. The van der Waals surface area contributed by atoms with Gasteiger partial charge in [0.05, 0.1) is 11.6 Å². The first-order valence-electron chi connectivity index (χ1n) is 15.4. The number of carbonyl (C=O) groups is 2. The molecule has 4 aromatic rings. The molecular weight excluding hydrogens is 597 g/mol. The molecule has 10 heteroatoms. The number of aromatic nitrogens is 2. The topological polar surface area (TPSA) is 121 Å². The molecule has 1 N–H and O–H groups in total. The second-order valence-electron chi connectivity index (χ2n) is 12.7. The second kappa shape index (κ2) is 13.5. The number of nitriles is 1. The molecule has 1 saturated heterocycles. The molecule has 0 unspecified atom stereocenters. The summed E-state index contributed by atoms with van der Waals surface area (Å²) < 4.78 is 26.5. The van der Waals surface area contributed by atoms with Crippen molar-refractivity contribution in [2.45, 2.75) is 71.1 Å². The van der Waals surface area contributed by atoms with Crippen molar-refractivity contribution < 1.29 is 23.1 Å². The lowest BCUT2D eigenvalue weighted by atomic mass is 9.92. The van der Waals surface area contributed by atoms with Gasteiger partial charge in [0.1, 0.15) is 23.0 Å². The number of amides is 2. The summed E-state index contributed by atoms with van der Waals surface area (Å²) >= 11 is 0. The van der Waals surface area contributed by atoms with Crippen LogP contribution in [-0.2, 0) is 16.7 Å². The minimum Gasteiger partial charge on any atom is -0.444 e. The van der Waals surface area contributed by atoms with Gasteiger partial charge in [0.25, 0.3) is 5.91 Å². The van der Waals surface area contributed by atoms with Gasteiger partial charge in [-0.1, -0.05) is 48.4 Å². The number of nitrogens with one attached hydrogen (secondary N) is 1. The summed E-state index contributed by atoms with van der Waals surface area (Å²) in [7, 11) is 0. The highest BCUT2D eigenvalue weighted by molar-refractivity contribution is 5.97. The Balaban J connectivity index is 1.60. The molecule has 5 rings (SSSR count). The fraction of sp³-hybridized carbons (Fsp3) is 0.324. The fourth-order valence-electron chi connectivity index (χ4n) is 5.67. The number of rotatable bonds is 7. The van der Waals surface area contributed by atoms with Crippen LogP contribution in [0.15, 0.2) is 71.1 Å². The van der Waals surface area contributed by atoms with E-state index < -0.39 is 23.1 Å². The Morgan fingerprint density at radius 2 is 1.81 bits per heavy atom. The quantitative estimate of drug-likeness (QED) is 0.217. The van der Waals surface area contributed by atoms with Gasteiger partial charge in [0, 0.05) is 29.7 Å². The molecule has 1 aromatic heterocycles. The first kappa shape index (κ1) is 32.9. The van der Waals surface area contributed by atoms with E-state index in [0.29, 0.717) is 35.2 Å². The van der Waals surface area contributed by atoms with Gasteiger partial charge in [0.15, 0.2) is 0 Å². The van der Waals surface area contributed by atoms with E-state index in [0.717, 1.165) is 18.4 Å². The summed E-state index contributed by atoms with van der Waals surface area (Å²) in [4.78, 5) is 28.6. The Morgan fingerprint density at radius 3 is 2.51 bits per heavy atom. The molecule has 0 aliphatic carbocycles. The van der Waals surface area contributed by atoms with E-state index in [2.05, 4.69) is 27.4 Å². The van der Waals surface area contributed by atoms with Crippen molar-refractivity contribution in [2.24, 2.45) is 0 Å². The largest absolute Gasteiger partial charge is 0.444 e. The molecule has 240 valence electrons. The minimum absolute atomic E-state index is 0.0717. The van der Waals surface area contributed by atoms with Gasteiger partial charge in [-0.3, -0.25) is 4.79 Å². The maximum atomic E-state index is 14.7. The van der Waals surface area contributed by atoms with Crippen molar-refractivity contribution in [1.82, 2.24) is 20.4 Å². The van der Waals surface area contributed by atoms with E-state index in [1.807, 2.05) is 36.4 Å². The van der Waals surface area contributed by atoms with E-state index in [9.17, 15) is 19.2 Å². The zero-order chi connectivity index (χ0) is 33.8. The smallest absolute Gasteiger partial charge is 0.408 e. The first-order valence-corrected chi connectivity index (χ1v) is 15.4.